The van der Waals surface area contributed by atoms with Crippen LogP contribution in [0.5, 0.6) is 0 Å². The van der Waals surface area contributed by atoms with Crippen LogP contribution in [0, 0.1) is 6.92 Å². The van der Waals surface area contributed by atoms with Crippen molar-refractivity contribution < 1.29 is 19.1 Å². The van der Waals surface area contributed by atoms with E-state index in [-0.39, 0.29) is 18.0 Å². The van der Waals surface area contributed by atoms with E-state index in [0.717, 1.165) is 29.4 Å². The molecule has 0 aliphatic heterocycles. The van der Waals surface area contributed by atoms with Crippen molar-refractivity contribution >= 4 is 22.8 Å². The summed E-state index contributed by atoms with van der Waals surface area (Å²) in [7, 11) is 1.69. The number of rotatable bonds is 5. The molecule has 0 atom stereocenters. The predicted octanol–water partition coefficient (Wildman–Crippen LogP) is 3.98. The highest BCUT2D eigenvalue weighted by molar-refractivity contribution is 6.06. The van der Waals surface area contributed by atoms with E-state index < -0.39 is 5.97 Å². The van der Waals surface area contributed by atoms with E-state index >= 15 is 0 Å². The number of pyridine rings is 1. The lowest BCUT2D eigenvalue weighted by molar-refractivity contribution is 0.0694. The number of carboxylic acid groups (broad SMARTS) is 1. The highest BCUT2D eigenvalue weighted by Gasteiger charge is 2.27. The number of para-hydroxylation sites is 1. The molecule has 138 valence electrons. The topological polar surface area (TPSA) is 83.6 Å². The van der Waals surface area contributed by atoms with Gasteiger partial charge in [0.05, 0.1) is 17.6 Å². The molecular weight excluding hydrogens is 344 g/mol. The van der Waals surface area contributed by atoms with Crippen molar-refractivity contribution in [3.63, 3.8) is 0 Å². The van der Waals surface area contributed by atoms with Crippen molar-refractivity contribution in [1.29, 1.82) is 0 Å². The molecule has 1 aliphatic rings. The van der Waals surface area contributed by atoms with Crippen molar-refractivity contribution in [1.82, 2.24) is 9.88 Å². The Bertz CT molecular complexity index is 1050. The lowest BCUT2D eigenvalue weighted by Crippen LogP contribution is -2.26. The molecule has 4 rings (SSSR count). The maximum atomic E-state index is 13.1. The van der Waals surface area contributed by atoms with E-state index in [1.54, 1.807) is 18.9 Å². The molecular formula is C21H20N2O4. The number of furan rings is 1. The van der Waals surface area contributed by atoms with E-state index in [1.807, 2.05) is 30.3 Å². The van der Waals surface area contributed by atoms with Gasteiger partial charge in [0.1, 0.15) is 17.1 Å². The summed E-state index contributed by atoms with van der Waals surface area (Å²) in [5.74, 6) is 0.0506. The highest BCUT2D eigenvalue weighted by atomic mass is 16.4. The summed E-state index contributed by atoms with van der Waals surface area (Å²) < 4.78 is 5.51. The van der Waals surface area contributed by atoms with Crippen molar-refractivity contribution in [2.45, 2.75) is 32.2 Å². The van der Waals surface area contributed by atoms with Gasteiger partial charge >= 0.3 is 5.97 Å². The van der Waals surface area contributed by atoms with Crippen LogP contribution in [0.25, 0.3) is 10.9 Å². The predicted molar refractivity (Wildman–Crippen MR) is 99.9 cm³/mol. The van der Waals surface area contributed by atoms with Gasteiger partial charge in [-0.2, -0.15) is 0 Å². The molecule has 6 heteroatoms. The number of amides is 1. The summed E-state index contributed by atoms with van der Waals surface area (Å²) in [4.78, 5) is 30.6. The van der Waals surface area contributed by atoms with Gasteiger partial charge in [0.15, 0.2) is 0 Å². The molecule has 1 aromatic carbocycles. The third-order valence-corrected chi connectivity index (χ3v) is 4.90. The first-order valence-corrected chi connectivity index (χ1v) is 8.92. The molecule has 0 bridgehead atoms. The molecule has 1 fully saturated rings. The molecule has 0 saturated heterocycles. The summed E-state index contributed by atoms with van der Waals surface area (Å²) in [6, 6.07) is 11.0. The molecule has 0 spiro atoms. The summed E-state index contributed by atoms with van der Waals surface area (Å²) in [6.45, 7) is 1.80. The molecule has 0 radical (unpaired) electrons. The van der Waals surface area contributed by atoms with Gasteiger partial charge in [-0.3, -0.25) is 9.78 Å². The molecule has 0 unspecified atom stereocenters. The fourth-order valence-corrected chi connectivity index (χ4v) is 3.31. The minimum absolute atomic E-state index is 0.122. The molecule has 3 aromatic rings. The maximum Gasteiger partial charge on any atom is 0.339 e. The fraction of sp³-hybridized carbons (Fsp3) is 0.286. The van der Waals surface area contributed by atoms with Crippen LogP contribution in [0.2, 0.25) is 0 Å². The number of carbonyl (C=O) groups is 2. The van der Waals surface area contributed by atoms with Gasteiger partial charge in [0.2, 0.25) is 0 Å². The van der Waals surface area contributed by atoms with Gasteiger partial charge in [-0.25, -0.2) is 4.79 Å². The van der Waals surface area contributed by atoms with Crippen molar-refractivity contribution in [2.24, 2.45) is 0 Å². The number of carbonyl (C=O) groups excluding carboxylic acids is 1. The Balaban J connectivity index is 1.65. The number of fused-ring (bicyclic) bond motifs is 1. The summed E-state index contributed by atoms with van der Waals surface area (Å²) in [6.07, 6.45) is 2.22. The Morgan fingerprint density at radius 2 is 1.96 bits per heavy atom. The molecule has 1 saturated carbocycles. The van der Waals surface area contributed by atoms with Gasteiger partial charge < -0.3 is 14.4 Å². The van der Waals surface area contributed by atoms with Crippen molar-refractivity contribution in [2.75, 3.05) is 7.05 Å². The first-order valence-electron chi connectivity index (χ1n) is 8.92. The monoisotopic (exact) mass is 364 g/mol. The highest BCUT2D eigenvalue weighted by Crippen LogP contribution is 2.40. The lowest BCUT2D eigenvalue weighted by atomic mass is 10.0. The van der Waals surface area contributed by atoms with Gasteiger partial charge in [-0.05, 0) is 38.0 Å². The number of nitrogens with zero attached hydrogens (tertiary/aromatic N) is 2. The van der Waals surface area contributed by atoms with Crippen LogP contribution < -0.4 is 0 Å². The first kappa shape index (κ1) is 17.3. The van der Waals surface area contributed by atoms with E-state index in [4.69, 9.17) is 14.5 Å². The third-order valence-electron chi connectivity index (χ3n) is 4.90. The number of hydrogen-bond acceptors (Lipinski definition) is 4. The van der Waals surface area contributed by atoms with Crippen LogP contribution in [0.1, 0.15) is 56.7 Å². The molecule has 27 heavy (non-hydrogen) atoms. The number of hydrogen-bond donors (Lipinski definition) is 1. The van der Waals surface area contributed by atoms with Gasteiger partial charge in [0.25, 0.3) is 5.91 Å². The fourth-order valence-electron chi connectivity index (χ4n) is 3.31. The zero-order valence-electron chi connectivity index (χ0n) is 15.2. The van der Waals surface area contributed by atoms with Crippen LogP contribution in [-0.2, 0) is 6.54 Å². The second-order valence-corrected chi connectivity index (χ2v) is 7.04. The van der Waals surface area contributed by atoms with Crippen molar-refractivity contribution in [3.05, 3.63) is 64.7 Å². The Kier molecular flexibility index (Phi) is 4.18. The van der Waals surface area contributed by atoms with Crippen LogP contribution in [0.15, 0.2) is 40.8 Å². The average molecular weight is 364 g/mol. The minimum atomic E-state index is -1.04. The molecule has 1 amide bonds. The molecule has 1 N–H and O–H groups in total. The van der Waals surface area contributed by atoms with E-state index in [0.29, 0.717) is 23.0 Å². The second-order valence-electron chi connectivity index (χ2n) is 7.04. The Hall–Kier alpha value is -3.15. The quantitative estimate of drug-likeness (QED) is 0.740. The SMILES string of the molecule is Cc1oc(CN(C)C(=O)c2cc(C3CC3)nc3ccccc23)cc1C(=O)O. The number of aromatic carboxylic acids is 1. The normalized spacial score (nSPS) is 13.7. The molecule has 2 heterocycles. The van der Waals surface area contributed by atoms with Gasteiger partial charge in [0, 0.05) is 24.0 Å². The average Bonchev–Trinajstić information content (AvgIpc) is 3.43. The van der Waals surface area contributed by atoms with E-state index in [9.17, 15) is 9.59 Å². The zero-order chi connectivity index (χ0) is 19.1. The standard InChI is InChI=1S/C21H20N2O4/c1-12-16(21(25)26)9-14(27-12)11-23(2)20(24)17-10-19(13-7-8-13)22-18-6-4-3-5-15(17)18/h3-6,9-10,13H,7-8,11H2,1-2H3,(H,25,26). The summed E-state index contributed by atoms with van der Waals surface area (Å²) in [5, 5.41) is 9.98. The Labute approximate surface area is 156 Å². The zero-order valence-corrected chi connectivity index (χ0v) is 15.2. The van der Waals surface area contributed by atoms with E-state index in [2.05, 4.69) is 0 Å². The van der Waals surface area contributed by atoms with Crippen LogP contribution in [0.3, 0.4) is 0 Å². The van der Waals surface area contributed by atoms with Crippen molar-refractivity contribution in [3.8, 4) is 0 Å². The van der Waals surface area contributed by atoms with Crippen LogP contribution in [0.4, 0.5) is 0 Å². The van der Waals surface area contributed by atoms with Gasteiger partial charge in [-0.1, -0.05) is 18.2 Å². The molecule has 2 aromatic heterocycles. The number of benzene rings is 1. The number of aryl methyl sites for hydroxylation is 1. The summed E-state index contributed by atoms with van der Waals surface area (Å²) in [5.41, 5.74) is 2.52. The summed E-state index contributed by atoms with van der Waals surface area (Å²) >= 11 is 0. The molecule has 6 nitrogen and oxygen atoms in total. The Morgan fingerprint density at radius 1 is 1.22 bits per heavy atom. The largest absolute Gasteiger partial charge is 0.478 e. The third kappa shape index (κ3) is 3.30. The van der Waals surface area contributed by atoms with Crippen LogP contribution >= 0.6 is 0 Å². The first-order chi connectivity index (χ1) is 12.9. The maximum absolute atomic E-state index is 13.1. The van der Waals surface area contributed by atoms with Gasteiger partial charge in [-0.15, -0.1) is 0 Å². The smallest absolute Gasteiger partial charge is 0.339 e. The number of carboxylic acids is 1. The minimum Gasteiger partial charge on any atom is -0.478 e. The Morgan fingerprint density at radius 3 is 2.63 bits per heavy atom. The lowest BCUT2D eigenvalue weighted by Gasteiger charge is -2.17. The van der Waals surface area contributed by atoms with Crippen LogP contribution in [-0.4, -0.2) is 33.9 Å². The molecule has 1 aliphatic carbocycles. The second kappa shape index (κ2) is 6.54. The number of aromatic nitrogens is 1. The van der Waals surface area contributed by atoms with E-state index in [1.165, 1.54) is 6.07 Å².